The van der Waals surface area contributed by atoms with Gasteiger partial charge in [0.1, 0.15) is 0 Å². The van der Waals surface area contributed by atoms with E-state index in [1.807, 2.05) is 40.9 Å². The maximum Gasteiger partial charge on any atom is 0.240 e. The van der Waals surface area contributed by atoms with E-state index in [0.717, 1.165) is 36.2 Å². The summed E-state index contributed by atoms with van der Waals surface area (Å²) in [5.41, 5.74) is 2.86. The van der Waals surface area contributed by atoms with E-state index >= 15 is 0 Å². The van der Waals surface area contributed by atoms with Crippen LogP contribution in [0.5, 0.6) is 0 Å². The third-order valence-electron chi connectivity index (χ3n) is 5.32. The molecule has 0 aliphatic carbocycles. The lowest BCUT2D eigenvalue weighted by Gasteiger charge is -2.19. The Balaban J connectivity index is 1.47. The van der Waals surface area contributed by atoms with Crippen molar-refractivity contribution in [3.8, 4) is 11.3 Å². The van der Waals surface area contributed by atoms with Gasteiger partial charge in [0, 0.05) is 18.2 Å². The van der Waals surface area contributed by atoms with E-state index in [2.05, 4.69) is 21.8 Å². The van der Waals surface area contributed by atoms with E-state index in [1.165, 1.54) is 6.42 Å². The zero-order chi connectivity index (χ0) is 18.9. The first kappa shape index (κ1) is 18.2. The van der Waals surface area contributed by atoms with Crippen molar-refractivity contribution in [1.29, 1.82) is 0 Å². The van der Waals surface area contributed by atoms with Crippen molar-refractivity contribution in [3.63, 3.8) is 0 Å². The van der Waals surface area contributed by atoms with Gasteiger partial charge in [-0.25, -0.2) is 17.7 Å². The molecule has 1 saturated heterocycles. The number of fused-ring (bicyclic) bond motifs is 1. The minimum absolute atomic E-state index is 0.290. The third-order valence-corrected chi connectivity index (χ3v) is 6.80. The number of sulfonamides is 1. The van der Waals surface area contributed by atoms with Crippen LogP contribution < -0.4 is 4.72 Å². The van der Waals surface area contributed by atoms with Crippen LogP contribution >= 0.6 is 0 Å². The van der Waals surface area contributed by atoms with Crippen LogP contribution in [0.25, 0.3) is 16.8 Å². The first-order valence-electron chi connectivity index (χ1n) is 9.28. The number of hydrogen-bond donors (Lipinski definition) is 1. The van der Waals surface area contributed by atoms with Crippen molar-refractivity contribution in [2.75, 3.05) is 20.1 Å². The molecule has 27 heavy (non-hydrogen) atoms. The zero-order valence-corrected chi connectivity index (χ0v) is 16.2. The molecular formula is C20H24N4O2S. The molecule has 1 aliphatic heterocycles. The van der Waals surface area contributed by atoms with Crippen molar-refractivity contribution >= 4 is 15.5 Å². The highest BCUT2D eigenvalue weighted by Gasteiger charge is 2.21. The van der Waals surface area contributed by atoms with Crippen molar-refractivity contribution in [2.24, 2.45) is 0 Å². The second-order valence-corrected chi connectivity index (χ2v) is 8.83. The van der Waals surface area contributed by atoms with E-state index in [9.17, 15) is 8.42 Å². The normalized spacial score (nSPS) is 18.3. The SMILES string of the molecule is CN1CCCC1CCNS(=O)(=O)c1ccc(-c2cccc3ccnn23)cc1. The van der Waals surface area contributed by atoms with Gasteiger partial charge >= 0.3 is 0 Å². The number of rotatable bonds is 6. The Morgan fingerprint density at radius 3 is 2.70 bits per heavy atom. The number of benzene rings is 1. The Bertz CT molecular complexity index is 1030. The number of hydrogen-bond acceptors (Lipinski definition) is 4. The fourth-order valence-corrected chi connectivity index (χ4v) is 4.81. The summed E-state index contributed by atoms with van der Waals surface area (Å²) < 4.78 is 29.7. The van der Waals surface area contributed by atoms with Crippen LogP contribution in [0.2, 0.25) is 0 Å². The molecule has 1 N–H and O–H groups in total. The highest BCUT2D eigenvalue weighted by molar-refractivity contribution is 7.89. The summed E-state index contributed by atoms with van der Waals surface area (Å²) in [4.78, 5) is 2.59. The van der Waals surface area contributed by atoms with Crippen LogP contribution in [-0.4, -0.2) is 49.1 Å². The van der Waals surface area contributed by atoms with Gasteiger partial charge in [0.15, 0.2) is 0 Å². The van der Waals surface area contributed by atoms with E-state index in [0.29, 0.717) is 17.5 Å². The average Bonchev–Trinajstić information content (AvgIpc) is 3.30. The summed E-state index contributed by atoms with van der Waals surface area (Å²) in [6.07, 6.45) is 4.93. The predicted molar refractivity (Wildman–Crippen MR) is 106 cm³/mol. The molecule has 142 valence electrons. The largest absolute Gasteiger partial charge is 0.303 e. The number of aromatic nitrogens is 2. The van der Waals surface area contributed by atoms with Crippen molar-refractivity contribution < 1.29 is 8.42 Å². The second-order valence-electron chi connectivity index (χ2n) is 7.07. The van der Waals surface area contributed by atoms with Crippen LogP contribution in [-0.2, 0) is 10.0 Å². The van der Waals surface area contributed by atoms with Gasteiger partial charge in [-0.15, -0.1) is 0 Å². The van der Waals surface area contributed by atoms with Crippen molar-refractivity contribution in [3.05, 3.63) is 54.7 Å². The Morgan fingerprint density at radius 1 is 1.15 bits per heavy atom. The summed E-state index contributed by atoms with van der Waals surface area (Å²) in [6, 6.07) is 15.3. The van der Waals surface area contributed by atoms with E-state index < -0.39 is 10.0 Å². The second kappa shape index (κ2) is 7.42. The number of nitrogens with zero attached hydrogens (tertiary/aromatic N) is 3. The molecule has 0 spiro atoms. The molecule has 0 bridgehead atoms. The summed E-state index contributed by atoms with van der Waals surface area (Å²) >= 11 is 0. The van der Waals surface area contributed by atoms with Gasteiger partial charge in [0.05, 0.1) is 22.3 Å². The van der Waals surface area contributed by atoms with Crippen LogP contribution in [0, 0.1) is 0 Å². The van der Waals surface area contributed by atoms with Crippen LogP contribution in [0.1, 0.15) is 19.3 Å². The van der Waals surface area contributed by atoms with Gasteiger partial charge < -0.3 is 4.90 Å². The lowest BCUT2D eigenvalue weighted by Crippen LogP contribution is -2.31. The number of nitrogens with one attached hydrogen (secondary N) is 1. The molecule has 1 unspecified atom stereocenters. The Kier molecular flexibility index (Phi) is 4.99. The first-order valence-corrected chi connectivity index (χ1v) is 10.8. The van der Waals surface area contributed by atoms with Crippen molar-refractivity contribution in [2.45, 2.75) is 30.2 Å². The highest BCUT2D eigenvalue weighted by atomic mass is 32.2. The van der Waals surface area contributed by atoms with Crippen molar-refractivity contribution in [1.82, 2.24) is 19.2 Å². The Morgan fingerprint density at radius 2 is 1.96 bits per heavy atom. The van der Waals surface area contributed by atoms with Crippen LogP contribution in [0.15, 0.2) is 59.6 Å². The molecule has 1 fully saturated rings. The Labute approximate surface area is 159 Å². The third kappa shape index (κ3) is 3.76. The molecule has 1 aromatic carbocycles. The van der Waals surface area contributed by atoms with Gasteiger partial charge in [-0.2, -0.15) is 5.10 Å². The maximum atomic E-state index is 12.6. The monoisotopic (exact) mass is 384 g/mol. The van der Waals surface area contributed by atoms with E-state index in [-0.39, 0.29) is 0 Å². The Hall–Kier alpha value is -2.22. The van der Waals surface area contributed by atoms with Gasteiger partial charge in [0.25, 0.3) is 0 Å². The lowest BCUT2D eigenvalue weighted by atomic mass is 10.1. The van der Waals surface area contributed by atoms with Crippen LogP contribution in [0.3, 0.4) is 0 Å². The molecule has 4 rings (SSSR count). The van der Waals surface area contributed by atoms with Gasteiger partial charge in [0.2, 0.25) is 10.0 Å². The zero-order valence-electron chi connectivity index (χ0n) is 15.4. The lowest BCUT2D eigenvalue weighted by molar-refractivity contribution is 0.297. The quantitative estimate of drug-likeness (QED) is 0.710. The van der Waals surface area contributed by atoms with Gasteiger partial charge in [-0.3, -0.25) is 0 Å². The molecule has 2 aromatic heterocycles. The minimum atomic E-state index is -3.49. The first-order chi connectivity index (χ1) is 13.0. The van der Waals surface area contributed by atoms with E-state index in [4.69, 9.17) is 0 Å². The predicted octanol–water partition coefficient (Wildman–Crippen LogP) is 2.76. The van der Waals surface area contributed by atoms with Gasteiger partial charge in [-0.1, -0.05) is 18.2 Å². The summed E-state index contributed by atoms with van der Waals surface area (Å²) in [5.74, 6) is 0. The standard InChI is InChI=1S/C20H24N4O2S/c1-23-15-3-5-17(23)12-14-22-27(25,26)19-9-7-16(8-10-19)20-6-2-4-18-11-13-21-24(18)20/h2,4,6-11,13,17,22H,3,5,12,14-15H2,1H3. The molecule has 7 heteroatoms. The summed E-state index contributed by atoms with van der Waals surface area (Å²) in [5, 5.41) is 4.33. The average molecular weight is 385 g/mol. The highest BCUT2D eigenvalue weighted by Crippen LogP contribution is 2.22. The molecule has 6 nitrogen and oxygen atoms in total. The number of likely N-dealkylation sites (tertiary alicyclic amines) is 1. The summed E-state index contributed by atoms with van der Waals surface area (Å²) in [7, 11) is -1.39. The molecule has 0 amide bonds. The fraction of sp³-hybridized carbons (Fsp3) is 0.350. The topological polar surface area (TPSA) is 66.7 Å². The molecule has 0 radical (unpaired) electrons. The fourth-order valence-electron chi connectivity index (χ4n) is 3.76. The van der Waals surface area contributed by atoms with Gasteiger partial charge in [-0.05, 0) is 63.2 Å². The summed E-state index contributed by atoms with van der Waals surface area (Å²) in [6.45, 7) is 1.56. The molecule has 1 aliphatic rings. The number of pyridine rings is 1. The molecule has 3 heterocycles. The smallest absolute Gasteiger partial charge is 0.240 e. The molecule has 1 atom stereocenters. The van der Waals surface area contributed by atoms with E-state index in [1.54, 1.807) is 18.3 Å². The van der Waals surface area contributed by atoms with Crippen LogP contribution in [0.4, 0.5) is 0 Å². The molecule has 0 saturated carbocycles. The molecule has 3 aromatic rings. The molecular weight excluding hydrogens is 360 g/mol. The minimum Gasteiger partial charge on any atom is -0.303 e. The maximum absolute atomic E-state index is 12.6.